The van der Waals surface area contributed by atoms with Crippen molar-refractivity contribution >= 4 is 0 Å². The van der Waals surface area contributed by atoms with Crippen LogP contribution in [0.1, 0.15) is 106 Å². The van der Waals surface area contributed by atoms with Gasteiger partial charge in [-0.15, -0.1) is 0 Å². The van der Waals surface area contributed by atoms with Crippen molar-refractivity contribution in [1.82, 2.24) is 0 Å². The minimum Gasteiger partial charge on any atom is -0.393 e. The summed E-state index contributed by atoms with van der Waals surface area (Å²) in [6.07, 6.45) is 15.3. The molecule has 9 atom stereocenters. The number of rotatable bonds is 6. The van der Waals surface area contributed by atoms with Crippen LogP contribution in [-0.4, -0.2) is 11.2 Å². The van der Waals surface area contributed by atoms with E-state index in [2.05, 4.69) is 54.2 Å². The lowest BCUT2D eigenvalue weighted by atomic mass is 9.47. The summed E-state index contributed by atoms with van der Waals surface area (Å²) in [4.78, 5) is 0. The first-order valence-corrected chi connectivity index (χ1v) is 13.6. The maximum absolute atomic E-state index is 10.3. The van der Waals surface area contributed by atoms with Gasteiger partial charge in [-0.3, -0.25) is 0 Å². The van der Waals surface area contributed by atoms with Gasteiger partial charge in [0, 0.05) is 0 Å². The van der Waals surface area contributed by atoms with Crippen LogP contribution < -0.4 is 0 Å². The van der Waals surface area contributed by atoms with Gasteiger partial charge in [0.15, 0.2) is 0 Å². The molecule has 0 radical (unpaired) electrons. The van der Waals surface area contributed by atoms with Gasteiger partial charge >= 0.3 is 0 Å². The van der Waals surface area contributed by atoms with Crippen molar-refractivity contribution in [1.29, 1.82) is 0 Å². The Labute approximate surface area is 193 Å². The predicted molar refractivity (Wildman–Crippen MR) is 133 cm³/mol. The van der Waals surface area contributed by atoms with Crippen LogP contribution in [-0.2, 0) is 0 Å². The molecule has 4 aliphatic carbocycles. The van der Waals surface area contributed by atoms with E-state index in [1.165, 1.54) is 56.9 Å². The van der Waals surface area contributed by atoms with Gasteiger partial charge in [0.05, 0.1) is 6.10 Å². The van der Waals surface area contributed by atoms with Crippen molar-refractivity contribution in [3.05, 3.63) is 23.8 Å². The first kappa shape index (κ1) is 23.6. The van der Waals surface area contributed by atoms with Crippen LogP contribution in [0.25, 0.3) is 0 Å². The second kappa shape index (κ2) is 8.66. The van der Waals surface area contributed by atoms with E-state index >= 15 is 0 Å². The van der Waals surface area contributed by atoms with E-state index in [4.69, 9.17) is 0 Å². The number of hydrogen-bond acceptors (Lipinski definition) is 1. The van der Waals surface area contributed by atoms with Crippen molar-refractivity contribution in [3.63, 3.8) is 0 Å². The predicted octanol–water partition coefficient (Wildman–Crippen LogP) is 8.19. The molecule has 0 aromatic rings. The van der Waals surface area contributed by atoms with Gasteiger partial charge in [-0.2, -0.15) is 0 Å². The van der Waals surface area contributed by atoms with E-state index in [1.54, 1.807) is 5.57 Å². The molecule has 0 aromatic heterocycles. The molecule has 3 saturated carbocycles. The van der Waals surface area contributed by atoms with Crippen LogP contribution in [0.5, 0.6) is 0 Å². The van der Waals surface area contributed by atoms with E-state index in [9.17, 15) is 5.11 Å². The van der Waals surface area contributed by atoms with Gasteiger partial charge < -0.3 is 5.11 Å². The fourth-order valence-electron chi connectivity index (χ4n) is 8.93. The number of aliphatic hydroxyl groups excluding tert-OH is 1. The highest BCUT2D eigenvalue weighted by Gasteiger charge is 2.59. The monoisotopic (exact) mass is 426 g/mol. The van der Waals surface area contributed by atoms with Crippen LogP contribution in [0.2, 0.25) is 0 Å². The SMILES string of the molecule is C=C(CCC(C)C1CCC2C3CC=C4CC(O)CCC4(C)C3CCC12C)C(C)C(C)C. The van der Waals surface area contributed by atoms with Crippen molar-refractivity contribution in [3.8, 4) is 0 Å². The normalized spacial score (nSPS) is 44.1. The van der Waals surface area contributed by atoms with Crippen LogP contribution in [0.4, 0.5) is 0 Å². The average molecular weight is 427 g/mol. The topological polar surface area (TPSA) is 20.2 Å². The van der Waals surface area contributed by atoms with Gasteiger partial charge in [0.1, 0.15) is 0 Å². The summed E-state index contributed by atoms with van der Waals surface area (Å²) in [7, 11) is 0. The number of aliphatic hydroxyl groups is 1. The molecular formula is C30H50O. The van der Waals surface area contributed by atoms with Crippen molar-refractivity contribution < 1.29 is 5.11 Å². The number of hydrogen-bond donors (Lipinski definition) is 1. The highest BCUT2D eigenvalue weighted by molar-refractivity contribution is 5.25. The zero-order valence-electron chi connectivity index (χ0n) is 21.4. The average Bonchev–Trinajstić information content (AvgIpc) is 3.09. The molecule has 3 fully saturated rings. The van der Waals surface area contributed by atoms with Crippen LogP contribution >= 0.6 is 0 Å². The fourth-order valence-corrected chi connectivity index (χ4v) is 8.93. The minimum atomic E-state index is -0.0883. The smallest absolute Gasteiger partial charge is 0.0577 e. The molecular weight excluding hydrogens is 376 g/mol. The first-order valence-electron chi connectivity index (χ1n) is 13.6. The van der Waals surface area contributed by atoms with E-state index in [0.717, 1.165) is 42.4 Å². The zero-order valence-corrected chi connectivity index (χ0v) is 21.4. The lowest BCUT2D eigenvalue weighted by molar-refractivity contribution is -0.0571. The van der Waals surface area contributed by atoms with Gasteiger partial charge in [-0.1, -0.05) is 65.3 Å². The van der Waals surface area contributed by atoms with Crippen LogP contribution in [0.3, 0.4) is 0 Å². The molecule has 0 spiro atoms. The largest absolute Gasteiger partial charge is 0.393 e. The standard InChI is InChI=1S/C30H50O/c1-19(2)22(5)20(3)8-9-21(4)26-12-13-27-25-11-10-23-18-24(31)14-16-29(23,6)28(25)15-17-30(26,27)7/h10,19,21-22,24-28,31H,3,8-9,11-18H2,1-2,4-7H3. The number of allylic oxidation sites excluding steroid dienone is 2. The molecule has 0 bridgehead atoms. The Morgan fingerprint density at radius 3 is 2.52 bits per heavy atom. The molecule has 0 saturated heterocycles. The third-order valence-corrected chi connectivity index (χ3v) is 11.4. The summed E-state index contributed by atoms with van der Waals surface area (Å²) in [5, 5.41) is 10.3. The van der Waals surface area contributed by atoms with Gasteiger partial charge in [-0.05, 0) is 116 Å². The maximum Gasteiger partial charge on any atom is 0.0577 e. The summed E-state index contributed by atoms with van der Waals surface area (Å²) in [6.45, 7) is 19.3. The van der Waals surface area contributed by atoms with E-state index < -0.39 is 0 Å². The quantitative estimate of drug-likeness (QED) is 0.424. The fraction of sp³-hybridized carbons (Fsp3) is 0.867. The van der Waals surface area contributed by atoms with E-state index in [-0.39, 0.29) is 6.10 Å². The molecule has 0 heterocycles. The summed E-state index contributed by atoms with van der Waals surface area (Å²) < 4.78 is 0. The Balaban J connectivity index is 1.45. The Hall–Kier alpha value is -0.560. The molecule has 1 nitrogen and oxygen atoms in total. The second-order valence-electron chi connectivity index (χ2n) is 13.1. The number of fused-ring (bicyclic) bond motifs is 5. The lowest BCUT2D eigenvalue weighted by Gasteiger charge is -2.58. The highest BCUT2D eigenvalue weighted by atomic mass is 16.3. The molecule has 176 valence electrons. The minimum absolute atomic E-state index is 0.0883. The Bertz CT molecular complexity index is 703. The van der Waals surface area contributed by atoms with Gasteiger partial charge in [-0.25, -0.2) is 0 Å². The molecule has 9 unspecified atom stereocenters. The van der Waals surface area contributed by atoms with Crippen molar-refractivity contribution in [2.45, 2.75) is 112 Å². The van der Waals surface area contributed by atoms with E-state index in [1.807, 2.05) is 0 Å². The molecule has 4 aliphatic rings. The summed E-state index contributed by atoms with van der Waals surface area (Å²) in [6, 6.07) is 0. The summed E-state index contributed by atoms with van der Waals surface area (Å²) in [5.74, 6) is 5.72. The Morgan fingerprint density at radius 2 is 1.81 bits per heavy atom. The summed E-state index contributed by atoms with van der Waals surface area (Å²) in [5.41, 5.74) is 4.00. The van der Waals surface area contributed by atoms with Crippen molar-refractivity contribution in [2.75, 3.05) is 0 Å². The first-order chi connectivity index (χ1) is 14.6. The Kier molecular flexibility index (Phi) is 6.59. The molecule has 31 heavy (non-hydrogen) atoms. The molecule has 1 N–H and O–H groups in total. The third kappa shape index (κ3) is 4.00. The molecule has 0 aromatic carbocycles. The van der Waals surface area contributed by atoms with Gasteiger partial charge in [0.25, 0.3) is 0 Å². The molecule has 0 amide bonds. The maximum atomic E-state index is 10.3. The summed E-state index contributed by atoms with van der Waals surface area (Å²) >= 11 is 0. The Morgan fingerprint density at radius 1 is 1.06 bits per heavy atom. The molecule has 0 aliphatic heterocycles. The molecule has 1 heteroatoms. The van der Waals surface area contributed by atoms with Gasteiger partial charge in [0.2, 0.25) is 0 Å². The van der Waals surface area contributed by atoms with E-state index in [0.29, 0.717) is 22.7 Å². The zero-order chi connectivity index (χ0) is 22.6. The highest BCUT2D eigenvalue weighted by Crippen LogP contribution is 2.67. The van der Waals surface area contributed by atoms with Crippen LogP contribution in [0, 0.1) is 52.3 Å². The molecule has 4 rings (SSSR count). The van der Waals surface area contributed by atoms with Crippen molar-refractivity contribution in [2.24, 2.45) is 52.3 Å². The van der Waals surface area contributed by atoms with Crippen LogP contribution in [0.15, 0.2) is 23.8 Å². The lowest BCUT2D eigenvalue weighted by Crippen LogP contribution is -2.50. The second-order valence-corrected chi connectivity index (χ2v) is 13.1. The third-order valence-electron chi connectivity index (χ3n) is 11.4.